The van der Waals surface area contributed by atoms with Crippen LogP contribution >= 0.6 is 0 Å². The molecule has 2 aromatic carbocycles. The number of carbonyl (C=O) groups is 1. The summed E-state index contributed by atoms with van der Waals surface area (Å²) in [6.45, 7) is 3.90. The molecule has 2 aliphatic rings. The second-order valence-corrected chi connectivity index (χ2v) is 7.36. The molecule has 1 atom stereocenters. The van der Waals surface area contributed by atoms with E-state index in [1.807, 2.05) is 30.3 Å². The maximum atomic E-state index is 13.5. The minimum absolute atomic E-state index is 0.184. The second kappa shape index (κ2) is 6.91. The number of rotatable bonds is 5. The molecule has 0 saturated heterocycles. The number of hydrogen-bond acceptors (Lipinski definition) is 2. The number of benzene rings is 2. The Morgan fingerprint density at radius 3 is 2.72 bits per heavy atom. The number of fused-ring (bicyclic) bond motifs is 1. The number of carbonyl (C=O) groups excluding carboxylic acids is 1. The van der Waals surface area contributed by atoms with Crippen LogP contribution in [0.1, 0.15) is 47.7 Å². The molecule has 1 saturated carbocycles. The van der Waals surface area contributed by atoms with Crippen LogP contribution in [0, 0.1) is 5.92 Å². The minimum Gasteiger partial charge on any atom is -0.385 e. The molecule has 1 aliphatic heterocycles. The molecular weight excluding hydrogens is 308 g/mol. The van der Waals surface area contributed by atoms with Crippen LogP contribution in [0.2, 0.25) is 0 Å². The van der Waals surface area contributed by atoms with Gasteiger partial charge in [0, 0.05) is 30.4 Å². The molecule has 1 amide bonds. The van der Waals surface area contributed by atoms with E-state index in [4.69, 9.17) is 0 Å². The van der Waals surface area contributed by atoms with Crippen LogP contribution in [0.3, 0.4) is 0 Å². The molecule has 3 heteroatoms. The fourth-order valence-electron chi connectivity index (χ4n) is 3.88. The van der Waals surface area contributed by atoms with E-state index >= 15 is 0 Å². The molecule has 1 fully saturated rings. The summed E-state index contributed by atoms with van der Waals surface area (Å²) in [6, 6.07) is 16.8. The van der Waals surface area contributed by atoms with Gasteiger partial charge in [0.2, 0.25) is 0 Å². The van der Waals surface area contributed by atoms with E-state index in [0.29, 0.717) is 18.5 Å². The first kappa shape index (κ1) is 16.2. The van der Waals surface area contributed by atoms with Crippen molar-refractivity contribution in [3.05, 3.63) is 65.2 Å². The van der Waals surface area contributed by atoms with Gasteiger partial charge in [0.15, 0.2) is 0 Å². The Balaban J connectivity index is 1.66. The van der Waals surface area contributed by atoms with Crippen molar-refractivity contribution >= 4 is 11.6 Å². The average molecular weight is 334 g/mol. The molecule has 0 bridgehead atoms. The van der Waals surface area contributed by atoms with E-state index in [9.17, 15) is 4.79 Å². The van der Waals surface area contributed by atoms with Crippen LogP contribution in [0.5, 0.6) is 0 Å². The van der Waals surface area contributed by atoms with Gasteiger partial charge in [-0.25, -0.2) is 0 Å². The van der Waals surface area contributed by atoms with Crippen LogP contribution in [-0.4, -0.2) is 23.4 Å². The summed E-state index contributed by atoms with van der Waals surface area (Å²) >= 11 is 0. The zero-order chi connectivity index (χ0) is 17.2. The zero-order valence-electron chi connectivity index (χ0n) is 14.9. The Morgan fingerprint density at radius 2 is 1.96 bits per heavy atom. The third-order valence-corrected chi connectivity index (χ3v) is 5.58. The highest BCUT2D eigenvalue weighted by Crippen LogP contribution is 2.37. The van der Waals surface area contributed by atoms with E-state index in [1.165, 1.54) is 24.0 Å². The molecule has 130 valence electrons. The largest absolute Gasteiger partial charge is 0.385 e. The molecule has 0 aromatic heterocycles. The summed E-state index contributed by atoms with van der Waals surface area (Å²) in [5.41, 5.74) is 4.41. The van der Waals surface area contributed by atoms with E-state index in [1.54, 1.807) is 0 Å². The fourth-order valence-corrected chi connectivity index (χ4v) is 3.88. The maximum absolute atomic E-state index is 13.5. The van der Waals surface area contributed by atoms with Gasteiger partial charge in [0.25, 0.3) is 5.91 Å². The molecule has 1 aliphatic carbocycles. The lowest BCUT2D eigenvalue weighted by Crippen LogP contribution is -2.40. The van der Waals surface area contributed by atoms with Crippen molar-refractivity contribution in [2.75, 3.05) is 11.9 Å². The molecular formula is C22H26N2O. The number of nitrogens with one attached hydrogen (secondary N) is 1. The first-order valence-corrected chi connectivity index (χ1v) is 9.44. The molecule has 4 rings (SSSR count). The van der Waals surface area contributed by atoms with Gasteiger partial charge in [-0.1, -0.05) is 36.4 Å². The van der Waals surface area contributed by atoms with Crippen LogP contribution in [0.4, 0.5) is 5.69 Å². The summed E-state index contributed by atoms with van der Waals surface area (Å²) in [6.07, 6.45) is 4.57. The topological polar surface area (TPSA) is 32.3 Å². The third-order valence-electron chi connectivity index (χ3n) is 5.58. The van der Waals surface area contributed by atoms with Crippen LogP contribution in [0.15, 0.2) is 48.5 Å². The van der Waals surface area contributed by atoms with Gasteiger partial charge in [0.05, 0.1) is 0 Å². The predicted octanol–water partition coefficient (Wildman–Crippen LogP) is 4.49. The third kappa shape index (κ3) is 3.41. The van der Waals surface area contributed by atoms with Crippen molar-refractivity contribution in [2.45, 2.75) is 45.2 Å². The Hall–Kier alpha value is -2.29. The van der Waals surface area contributed by atoms with Gasteiger partial charge in [-0.15, -0.1) is 0 Å². The van der Waals surface area contributed by atoms with E-state index in [0.717, 1.165) is 30.6 Å². The molecule has 3 nitrogen and oxygen atoms in total. The van der Waals surface area contributed by atoms with Crippen molar-refractivity contribution in [3.63, 3.8) is 0 Å². The maximum Gasteiger partial charge on any atom is 0.254 e. The normalized spacial score (nSPS) is 17.3. The van der Waals surface area contributed by atoms with Gasteiger partial charge in [-0.2, -0.15) is 0 Å². The number of anilines is 1. The minimum atomic E-state index is 0.184. The lowest BCUT2D eigenvalue weighted by atomic mass is 9.96. The lowest BCUT2D eigenvalue weighted by Gasteiger charge is -2.31. The zero-order valence-corrected chi connectivity index (χ0v) is 14.9. The molecule has 0 radical (unpaired) electrons. The monoisotopic (exact) mass is 334 g/mol. The van der Waals surface area contributed by atoms with Crippen molar-refractivity contribution in [3.8, 4) is 0 Å². The smallest absolute Gasteiger partial charge is 0.254 e. The molecule has 1 N–H and O–H groups in total. The second-order valence-electron chi connectivity index (χ2n) is 7.36. The summed E-state index contributed by atoms with van der Waals surface area (Å²) in [7, 11) is 0. The highest BCUT2D eigenvalue weighted by molar-refractivity contribution is 5.97. The number of nitrogens with zero attached hydrogens (tertiary/aromatic N) is 1. The van der Waals surface area contributed by atoms with Crippen LogP contribution in [-0.2, 0) is 13.0 Å². The van der Waals surface area contributed by atoms with Gasteiger partial charge < -0.3 is 10.2 Å². The molecule has 0 spiro atoms. The molecule has 25 heavy (non-hydrogen) atoms. The first-order chi connectivity index (χ1) is 12.2. The van der Waals surface area contributed by atoms with Crippen LogP contribution < -0.4 is 5.32 Å². The van der Waals surface area contributed by atoms with E-state index in [-0.39, 0.29) is 5.91 Å². The SMILES string of the molecule is CC(C1CC1)N(Cc1ccccc1)C(=O)c1cccc2c1CCCN2. The molecule has 2 aromatic rings. The molecule has 1 unspecified atom stereocenters. The molecule has 1 heterocycles. The highest BCUT2D eigenvalue weighted by atomic mass is 16.2. The van der Waals surface area contributed by atoms with Gasteiger partial charge in [-0.3, -0.25) is 4.79 Å². The van der Waals surface area contributed by atoms with Crippen molar-refractivity contribution in [1.29, 1.82) is 0 Å². The Bertz CT molecular complexity index is 752. The van der Waals surface area contributed by atoms with Gasteiger partial charge >= 0.3 is 0 Å². The fraction of sp³-hybridized carbons (Fsp3) is 0.409. The number of amides is 1. The van der Waals surface area contributed by atoms with Crippen molar-refractivity contribution < 1.29 is 4.79 Å². The Morgan fingerprint density at radius 1 is 1.16 bits per heavy atom. The van der Waals surface area contributed by atoms with Gasteiger partial charge in [0.1, 0.15) is 0 Å². The Kier molecular flexibility index (Phi) is 4.48. The highest BCUT2D eigenvalue weighted by Gasteiger charge is 2.35. The Labute approximate surface area is 150 Å². The summed E-state index contributed by atoms with van der Waals surface area (Å²) in [5, 5.41) is 3.44. The van der Waals surface area contributed by atoms with Crippen molar-refractivity contribution in [1.82, 2.24) is 4.90 Å². The van der Waals surface area contributed by atoms with Crippen LogP contribution in [0.25, 0.3) is 0 Å². The summed E-state index contributed by atoms with van der Waals surface area (Å²) < 4.78 is 0. The van der Waals surface area contributed by atoms with Gasteiger partial charge in [-0.05, 0) is 61.8 Å². The predicted molar refractivity (Wildman–Crippen MR) is 102 cm³/mol. The van der Waals surface area contributed by atoms with Crippen molar-refractivity contribution in [2.24, 2.45) is 5.92 Å². The average Bonchev–Trinajstić information content (AvgIpc) is 3.51. The lowest BCUT2D eigenvalue weighted by molar-refractivity contribution is 0.0653. The number of hydrogen-bond donors (Lipinski definition) is 1. The summed E-state index contributed by atoms with van der Waals surface area (Å²) in [4.78, 5) is 15.6. The quantitative estimate of drug-likeness (QED) is 0.874. The standard InChI is InChI=1S/C22H26N2O/c1-16(18-12-13-18)24(15-17-7-3-2-4-8-17)22(25)20-9-5-11-21-19(20)10-6-14-23-21/h2-5,7-9,11,16,18,23H,6,10,12-15H2,1H3. The van der Waals surface area contributed by atoms with E-state index in [2.05, 4.69) is 35.3 Å². The summed E-state index contributed by atoms with van der Waals surface area (Å²) in [5.74, 6) is 0.842. The first-order valence-electron chi connectivity index (χ1n) is 9.44. The van der Waals surface area contributed by atoms with E-state index < -0.39 is 0 Å².